The number of nitrogens with one attached hydrogen (secondary N) is 2. The number of benzene rings is 1. The molecule has 0 bridgehead atoms. The lowest BCUT2D eigenvalue weighted by atomic mass is 10.1. The van der Waals surface area contributed by atoms with E-state index in [4.69, 9.17) is 5.14 Å². The minimum atomic E-state index is -3.69. The van der Waals surface area contributed by atoms with Crippen LogP contribution in [0.1, 0.15) is 41.7 Å². The molecule has 8 nitrogen and oxygen atoms in total. The number of aromatic nitrogens is 2. The van der Waals surface area contributed by atoms with Crippen molar-refractivity contribution in [3.05, 3.63) is 47.9 Å². The van der Waals surface area contributed by atoms with Crippen LogP contribution in [0.3, 0.4) is 0 Å². The van der Waals surface area contributed by atoms with Gasteiger partial charge in [0.05, 0.1) is 17.3 Å². The van der Waals surface area contributed by atoms with Gasteiger partial charge in [-0.25, -0.2) is 23.5 Å². The SMILES string of the molecule is NS(=O)(=O)c1ccc(CCNC(=O)c2cnc(NC3CCCC3)cn2)cc1. The normalized spacial score (nSPS) is 14.9. The predicted molar refractivity (Wildman–Crippen MR) is 102 cm³/mol. The topological polar surface area (TPSA) is 127 Å². The van der Waals surface area contributed by atoms with Crippen molar-refractivity contribution in [2.24, 2.45) is 5.14 Å². The Morgan fingerprint density at radius 3 is 2.41 bits per heavy atom. The molecular formula is C18H23N5O3S. The van der Waals surface area contributed by atoms with Gasteiger partial charge in [-0.15, -0.1) is 0 Å². The van der Waals surface area contributed by atoms with Gasteiger partial charge >= 0.3 is 0 Å². The van der Waals surface area contributed by atoms with Crippen molar-refractivity contribution in [2.75, 3.05) is 11.9 Å². The Morgan fingerprint density at radius 1 is 1.11 bits per heavy atom. The summed E-state index contributed by atoms with van der Waals surface area (Å²) in [6, 6.07) is 6.70. The van der Waals surface area contributed by atoms with Crippen molar-refractivity contribution in [1.29, 1.82) is 0 Å². The van der Waals surface area contributed by atoms with Crippen molar-refractivity contribution in [1.82, 2.24) is 15.3 Å². The van der Waals surface area contributed by atoms with Crippen LogP contribution in [0.15, 0.2) is 41.6 Å². The molecule has 2 aromatic rings. The van der Waals surface area contributed by atoms with Crippen LogP contribution in [0, 0.1) is 0 Å². The summed E-state index contributed by atoms with van der Waals surface area (Å²) < 4.78 is 22.5. The number of carbonyl (C=O) groups is 1. The van der Waals surface area contributed by atoms with Gasteiger partial charge in [0.25, 0.3) is 5.91 Å². The van der Waals surface area contributed by atoms with Crippen molar-refractivity contribution in [3.8, 4) is 0 Å². The minimum absolute atomic E-state index is 0.0665. The number of carbonyl (C=O) groups excluding carboxylic acids is 1. The largest absolute Gasteiger partial charge is 0.366 e. The van der Waals surface area contributed by atoms with Gasteiger partial charge in [-0.3, -0.25) is 4.79 Å². The van der Waals surface area contributed by atoms with Crippen LogP contribution in [0.5, 0.6) is 0 Å². The van der Waals surface area contributed by atoms with E-state index in [9.17, 15) is 13.2 Å². The summed E-state index contributed by atoms with van der Waals surface area (Å²) >= 11 is 0. The second-order valence-electron chi connectivity index (χ2n) is 6.61. The van der Waals surface area contributed by atoms with Crippen LogP contribution in [-0.4, -0.2) is 36.9 Å². The summed E-state index contributed by atoms with van der Waals surface area (Å²) in [5, 5.41) is 11.2. The maximum atomic E-state index is 12.1. The van der Waals surface area contributed by atoms with Crippen molar-refractivity contribution >= 4 is 21.7 Å². The van der Waals surface area contributed by atoms with E-state index in [0.29, 0.717) is 24.8 Å². The van der Waals surface area contributed by atoms with Crippen molar-refractivity contribution < 1.29 is 13.2 Å². The van der Waals surface area contributed by atoms with Crippen LogP contribution in [-0.2, 0) is 16.4 Å². The first-order valence-corrected chi connectivity index (χ1v) is 10.4. The van der Waals surface area contributed by atoms with Crippen LogP contribution >= 0.6 is 0 Å². The van der Waals surface area contributed by atoms with Crippen LogP contribution in [0.4, 0.5) is 5.82 Å². The molecule has 0 unspecified atom stereocenters. The average Bonchev–Trinajstić information content (AvgIpc) is 3.15. The highest BCUT2D eigenvalue weighted by molar-refractivity contribution is 7.89. The van der Waals surface area contributed by atoms with Crippen LogP contribution < -0.4 is 15.8 Å². The molecule has 1 aliphatic carbocycles. The zero-order chi connectivity index (χ0) is 19.3. The van der Waals surface area contributed by atoms with Crippen LogP contribution in [0.2, 0.25) is 0 Å². The molecule has 1 heterocycles. The van der Waals surface area contributed by atoms with E-state index in [2.05, 4.69) is 20.6 Å². The molecule has 0 aliphatic heterocycles. The molecule has 1 amide bonds. The first-order chi connectivity index (χ1) is 12.9. The van der Waals surface area contributed by atoms with Gasteiger partial charge in [-0.1, -0.05) is 25.0 Å². The number of nitrogens with two attached hydrogens (primary N) is 1. The van der Waals surface area contributed by atoms with Gasteiger partial charge in [0, 0.05) is 12.6 Å². The molecule has 0 spiro atoms. The summed E-state index contributed by atoms with van der Waals surface area (Å²) in [7, 11) is -3.69. The highest BCUT2D eigenvalue weighted by atomic mass is 32.2. The second kappa shape index (κ2) is 8.45. The Kier molecular flexibility index (Phi) is 6.02. The first kappa shape index (κ1) is 19.2. The maximum absolute atomic E-state index is 12.1. The third-order valence-electron chi connectivity index (χ3n) is 4.54. The molecule has 0 radical (unpaired) electrons. The average molecular weight is 389 g/mol. The molecule has 0 atom stereocenters. The number of hydrogen-bond acceptors (Lipinski definition) is 6. The van der Waals surface area contributed by atoms with Gasteiger partial charge < -0.3 is 10.6 Å². The van der Waals surface area contributed by atoms with E-state index >= 15 is 0 Å². The lowest BCUT2D eigenvalue weighted by Gasteiger charge is -2.12. The summed E-state index contributed by atoms with van der Waals surface area (Å²) in [5.74, 6) is 0.393. The van der Waals surface area contributed by atoms with E-state index in [0.717, 1.165) is 18.4 Å². The molecule has 0 saturated heterocycles. The third-order valence-corrected chi connectivity index (χ3v) is 5.47. The summed E-state index contributed by atoms with van der Waals surface area (Å²) in [5.41, 5.74) is 1.15. The predicted octanol–water partition coefficient (Wildman–Crippen LogP) is 1.45. The Hall–Kier alpha value is -2.52. The number of anilines is 1. The molecular weight excluding hydrogens is 366 g/mol. The summed E-state index contributed by atoms with van der Waals surface area (Å²) in [6.45, 7) is 0.400. The fourth-order valence-electron chi connectivity index (χ4n) is 3.06. The van der Waals surface area contributed by atoms with E-state index in [-0.39, 0.29) is 16.5 Å². The van der Waals surface area contributed by atoms with E-state index in [1.165, 1.54) is 31.2 Å². The van der Waals surface area contributed by atoms with Gasteiger partial charge in [-0.2, -0.15) is 0 Å². The Balaban J connectivity index is 1.47. The van der Waals surface area contributed by atoms with E-state index in [1.807, 2.05) is 0 Å². The number of sulfonamides is 1. The molecule has 9 heteroatoms. The Morgan fingerprint density at radius 2 is 1.81 bits per heavy atom. The fourth-order valence-corrected chi connectivity index (χ4v) is 3.57. The molecule has 4 N–H and O–H groups in total. The zero-order valence-electron chi connectivity index (χ0n) is 14.9. The molecule has 27 heavy (non-hydrogen) atoms. The summed E-state index contributed by atoms with van der Waals surface area (Å²) in [4.78, 5) is 20.6. The monoisotopic (exact) mass is 389 g/mol. The highest BCUT2D eigenvalue weighted by Gasteiger charge is 2.15. The third kappa shape index (κ3) is 5.48. The number of amides is 1. The molecule has 3 rings (SSSR count). The molecule has 1 aromatic carbocycles. The van der Waals surface area contributed by atoms with Crippen molar-refractivity contribution in [2.45, 2.75) is 43.0 Å². The smallest absolute Gasteiger partial charge is 0.271 e. The van der Waals surface area contributed by atoms with E-state index < -0.39 is 10.0 Å². The fraction of sp³-hybridized carbons (Fsp3) is 0.389. The second-order valence-corrected chi connectivity index (χ2v) is 8.17. The molecule has 1 saturated carbocycles. The van der Waals surface area contributed by atoms with Crippen molar-refractivity contribution in [3.63, 3.8) is 0 Å². The first-order valence-electron chi connectivity index (χ1n) is 8.90. The van der Waals surface area contributed by atoms with Crippen LogP contribution in [0.25, 0.3) is 0 Å². The Bertz CT molecular complexity index is 876. The number of primary sulfonamides is 1. The number of rotatable bonds is 7. The maximum Gasteiger partial charge on any atom is 0.271 e. The zero-order valence-corrected chi connectivity index (χ0v) is 15.7. The molecule has 1 fully saturated rings. The Labute approximate surface area is 158 Å². The van der Waals surface area contributed by atoms with Gasteiger partial charge in [-0.05, 0) is 37.0 Å². The standard InChI is InChI=1S/C18H23N5O3S/c19-27(25,26)15-7-5-13(6-8-15)9-10-20-18(24)16-11-22-17(12-21-16)23-14-3-1-2-4-14/h5-8,11-12,14H,1-4,9-10H2,(H,20,24)(H,22,23)(H2,19,25,26). The minimum Gasteiger partial charge on any atom is -0.366 e. The molecule has 144 valence electrons. The highest BCUT2D eigenvalue weighted by Crippen LogP contribution is 2.20. The lowest BCUT2D eigenvalue weighted by Crippen LogP contribution is -2.27. The number of hydrogen-bond donors (Lipinski definition) is 3. The van der Waals surface area contributed by atoms with Gasteiger partial charge in [0.2, 0.25) is 10.0 Å². The van der Waals surface area contributed by atoms with E-state index in [1.54, 1.807) is 18.3 Å². The van der Waals surface area contributed by atoms with Gasteiger partial charge in [0.15, 0.2) is 0 Å². The molecule has 1 aromatic heterocycles. The molecule has 1 aliphatic rings. The number of nitrogens with zero attached hydrogens (tertiary/aromatic N) is 2. The van der Waals surface area contributed by atoms with Gasteiger partial charge in [0.1, 0.15) is 11.5 Å². The summed E-state index contributed by atoms with van der Waals surface area (Å²) in [6.07, 6.45) is 8.36. The lowest BCUT2D eigenvalue weighted by molar-refractivity contribution is 0.0949. The quantitative estimate of drug-likeness (QED) is 0.658.